The Labute approximate surface area is 132 Å². The minimum atomic E-state index is 0.0403. The van der Waals surface area contributed by atoms with Gasteiger partial charge in [0, 0.05) is 34.3 Å². The monoisotopic (exact) mass is 396 g/mol. The van der Waals surface area contributed by atoms with Crippen molar-refractivity contribution in [3.05, 3.63) is 34.9 Å². The average Bonchev–Trinajstić information content (AvgIpc) is 2.40. The fourth-order valence-corrected chi connectivity index (χ4v) is 4.13. The fraction of sp³-hybridized carbons (Fsp3) is 0.571. The maximum atomic E-state index is 6.09. The maximum Gasteiger partial charge on any atom is 0.0475 e. The van der Waals surface area contributed by atoms with Gasteiger partial charge in [0.2, 0.25) is 0 Å². The Balaban J connectivity index is 2.79. The first-order valence-corrected chi connectivity index (χ1v) is 8.76. The van der Waals surface area contributed by atoms with Crippen LogP contribution in [0.25, 0.3) is 0 Å². The van der Waals surface area contributed by atoms with E-state index in [0.717, 1.165) is 41.7 Å². The van der Waals surface area contributed by atoms with E-state index in [0.29, 0.717) is 0 Å². The fourth-order valence-electron chi connectivity index (χ4n) is 1.80. The van der Waals surface area contributed by atoms with E-state index in [1.165, 1.54) is 5.56 Å². The first-order chi connectivity index (χ1) is 8.68. The van der Waals surface area contributed by atoms with Gasteiger partial charge in [-0.2, -0.15) is 0 Å². The van der Waals surface area contributed by atoms with Crippen molar-refractivity contribution in [3.8, 4) is 0 Å². The quantitative estimate of drug-likeness (QED) is 0.433. The molecule has 0 aliphatic heterocycles. The Morgan fingerprint density at radius 1 is 1.22 bits per heavy atom. The predicted molar refractivity (Wildman–Crippen MR) is 86.4 cm³/mol. The summed E-state index contributed by atoms with van der Waals surface area (Å²) in [5.74, 6) is 0. The lowest BCUT2D eigenvalue weighted by Crippen LogP contribution is -2.32. The summed E-state index contributed by atoms with van der Waals surface area (Å²) in [5, 5.41) is 2.57. The van der Waals surface area contributed by atoms with Crippen LogP contribution in [0.4, 0.5) is 0 Å². The van der Waals surface area contributed by atoms with Crippen LogP contribution < -0.4 is 0 Å². The molecule has 0 aliphatic rings. The molecule has 0 atom stereocenters. The van der Waals surface area contributed by atoms with Gasteiger partial charge in [0.1, 0.15) is 0 Å². The summed E-state index contributed by atoms with van der Waals surface area (Å²) in [4.78, 5) is 0. The highest BCUT2D eigenvalue weighted by atomic mass is 79.9. The minimum Gasteiger partial charge on any atom is -0.381 e. The second-order valence-corrected chi connectivity index (χ2v) is 5.98. The van der Waals surface area contributed by atoms with Crippen molar-refractivity contribution in [2.24, 2.45) is 0 Å². The Hall–Kier alpha value is 0.430. The molecule has 1 aromatic rings. The predicted octanol–water partition coefficient (Wildman–Crippen LogP) is 5.18. The Bertz CT molecular complexity index is 353. The Morgan fingerprint density at radius 3 is 2.50 bits per heavy atom. The molecule has 0 fully saturated rings. The van der Waals surface area contributed by atoms with Gasteiger partial charge in [-0.3, -0.25) is 0 Å². The molecule has 0 radical (unpaired) electrons. The van der Waals surface area contributed by atoms with Crippen LogP contribution in [0, 0.1) is 0 Å². The van der Waals surface area contributed by atoms with Gasteiger partial charge in [-0.15, -0.1) is 0 Å². The summed E-state index contributed by atoms with van der Waals surface area (Å²) in [5.41, 5.74) is 1.29. The van der Waals surface area contributed by atoms with Gasteiger partial charge in [0.15, 0.2) is 0 Å². The summed E-state index contributed by atoms with van der Waals surface area (Å²) >= 11 is 13.4. The van der Waals surface area contributed by atoms with Crippen LogP contribution in [-0.4, -0.2) is 23.9 Å². The molecule has 0 spiro atoms. The SMILES string of the molecule is CCCOCCC(CBr)(CBr)c1cccc(Cl)c1. The van der Waals surface area contributed by atoms with Crippen molar-refractivity contribution in [3.63, 3.8) is 0 Å². The zero-order valence-electron chi connectivity index (χ0n) is 10.6. The van der Waals surface area contributed by atoms with E-state index in [1.807, 2.05) is 18.2 Å². The molecule has 4 heteroatoms. The zero-order chi connectivity index (χ0) is 13.4. The highest BCUT2D eigenvalue weighted by Gasteiger charge is 2.30. The van der Waals surface area contributed by atoms with E-state index >= 15 is 0 Å². The third-order valence-corrected chi connectivity index (χ3v) is 5.40. The summed E-state index contributed by atoms with van der Waals surface area (Å²) in [6.45, 7) is 3.73. The van der Waals surface area contributed by atoms with Crippen LogP contribution in [-0.2, 0) is 10.2 Å². The molecule has 1 aromatic carbocycles. The Kier molecular flexibility index (Phi) is 7.85. The van der Waals surface area contributed by atoms with Crippen molar-refractivity contribution in [2.45, 2.75) is 25.2 Å². The van der Waals surface area contributed by atoms with E-state index in [-0.39, 0.29) is 5.41 Å². The molecule has 102 valence electrons. The number of hydrogen-bond acceptors (Lipinski definition) is 1. The van der Waals surface area contributed by atoms with Gasteiger partial charge in [-0.1, -0.05) is 62.5 Å². The average molecular weight is 399 g/mol. The van der Waals surface area contributed by atoms with Gasteiger partial charge in [-0.25, -0.2) is 0 Å². The van der Waals surface area contributed by atoms with E-state index in [9.17, 15) is 0 Å². The van der Waals surface area contributed by atoms with Gasteiger partial charge in [0.25, 0.3) is 0 Å². The highest BCUT2D eigenvalue weighted by Crippen LogP contribution is 2.33. The second kappa shape index (κ2) is 8.57. The van der Waals surface area contributed by atoms with E-state index < -0.39 is 0 Å². The molecule has 0 unspecified atom stereocenters. The van der Waals surface area contributed by atoms with Crippen molar-refractivity contribution < 1.29 is 4.74 Å². The number of hydrogen-bond donors (Lipinski definition) is 0. The van der Waals surface area contributed by atoms with Crippen LogP contribution in [0.3, 0.4) is 0 Å². The molecule has 0 aliphatic carbocycles. The van der Waals surface area contributed by atoms with E-state index in [4.69, 9.17) is 16.3 Å². The minimum absolute atomic E-state index is 0.0403. The first kappa shape index (κ1) is 16.5. The highest BCUT2D eigenvalue weighted by molar-refractivity contribution is 9.09. The van der Waals surface area contributed by atoms with Crippen LogP contribution in [0.15, 0.2) is 24.3 Å². The molecular weight excluding hydrogens is 379 g/mol. The second-order valence-electron chi connectivity index (χ2n) is 4.42. The topological polar surface area (TPSA) is 9.23 Å². The van der Waals surface area contributed by atoms with Crippen molar-refractivity contribution >= 4 is 43.5 Å². The van der Waals surface area contributed by atoms with E-state index in [2.05, 4.69) is 44.8 Å². The molecular formula is C14H19Br2ClO. The number of rotatable bonds is 8. The van der Waals surface area contributed by atoms with Crippen LogP contribution in [0.1, 0.15) is 25.3 Å². The summed E-state index contributed by atoms with van der Waals surface area (Å²) < 4.78 is 5.62. The van der Waals surface area contributed by atoms with Gasteiger partial charge in [0.05, 0.1) is 0 Å². The third-order valence-electron chi connectivity index (χ3n) is 3.02. The molecule has 0 heterocycles. The normalized spacial score (nSPS) is 11.8. The number of benzene rings is 1. The number of halogens is 3. The van der Waals surface area contributed by atoms with Crippen molar-refractivity contribution in [1.82, 2.24) is 0 Å². The smallest absolute Gasteiger partial charge is 0.0475 e. The standard InChI is InChI=1S/C14H19Br2ClO/c1-2-7-18-8-6-14(10-15,11-16)12-4-3-5-13(17)9-12/h3-5,9H,2,6-8,10-11H2,1H3. The molecule has 1 nitrogen and oxygen atoms in total. The van der Waals surface area contributed by atoms with E-state index in [1.54, 1.807) is 0 Å². The summed E-state index contributed by atoms with van der Waals surface area (Å²) in [7, 11) is 0. The van der Waals surface area contributed by atoms with Gasteiger partial charge in [-0.05, 0) is 30.5 Å². The molecule has 0 N–H and O–H groups in total. The lowest BCUT2D eigenvalue weighted by Gasteiger charge is -2.30. The molecule has 0 amide bonds. The third kappa shape index (κ3) is 4.52. The van der Waals surface area contributed by atoms with Crippen LogP contribution in [0.2, 0.25) is 5.02 Å². The molecule has 0 saturated heterocycles. The first-order valence-electron chi connectivity index (χ1n) is 6.14. The summed E-state index contributed by atoms with van der Waals surface area (Å²) in [6, 6.07) is 8.09. The zero-order valence-corrected chi connectivity index (χ0v) is 14.5. The van der Waals surface area contributed by atoms with Crippen molar-refractivity contribution in [1.29, 1.82) is 0 Å². The Morgan fingerprint density at radius 2 is 1.94 bits per heavy atom. The van der Waals surface area contributed by atoms with Crippen LogP contribution >= 0.6 is 43.5 Å². The lowest BCUT2D eigenvalue weighted by molar-refractivity contribution is 0.120. The summed E-state index contributed by atoms with van der Waals surface area (Å²) in [6.07, 6.45) is 2.04. The lowest BCUT2D eigenvalue weighted by atomic mass is 9.82. The largest absolute Gasteiger partial charge is 0.381 e. The number of alkyl halides is 2. The molecule has 18 heavy (non-hydrogen) atoms. The maximum absolute atomic E-state index is 6.09. The van der Waals surface area contributed by atoms with Gasteiger partial charge < -0.3 is 4.74 Å². The van der Waals surface area contributed by atoms with Gasteiger partial charge >= 0.3 is 0 Å². The molecule has 0 saturated carbocycles. The molecule has 0 bridgehead atoms. The molecule has 1 rings (SSSR count). The van der Waals surface area contributed by atoms with Crippen LogP contribution in [0.5, 0.6) is 0 Å². The van der Waals surface area contributed by atoms with Crippen molar-refractivity contribution in [2.75, 3.05) is 23.9 Å². The number of ether oxygens (including phenoxy) is 1. The molecule has 0 aromatic heterocycles.